The Morgan fingerprint density at radius 2 is 1.43 bits per heavy atom. The van der Waals surface area contributed by atoms with E-state index in [1.807, 2.05) is 19.1 Å². The molecule has 0 aliphatic heterocycles. The summed E-state index contributed by atoms with van der Waals surface area (Å²) in [5.41, 5.74) is 2.47. The average Bonchev–Trinajstić information content (AvgIpc) is 3.00. The van der Waals surface area contributed by atoms with Crippen molar-refractivity contribution in [2.24, 2.45) is 11.8 Å². The Hall–Kier alpha value is -1.96. The Labute approximate surface area is 178 Å². The lowest BCUT2D eigenvalue weighted by atomic mass is 9.91. The Kier molecular flexibility index (Phi) is 6.37. The van der Waals surface area contributed by atoms with E-state index >= 15 is 0 Å². The summed E-state index contributed by atoms with van der Waals surface area (Å²) in [4.78, 5) is 13.0. The Morgan fingerprint density at radius 1 is 0.929 bits per heavy atom. The van der Waals surface area contributed by atoms with Crippen LogP contribution < -0.4 is 9.47 Å². The predicted molar refractivity (Wildman–Crippen MR) is 115 cm³/mol. The monoisotopic (exact) mass is 496 g/mol. The van der Waals surface area contributed by atoms with Gasteiger partial charge in [0.25, 0.3) is 0 Å². The molecule has 5 nitrogen and oxygen atoms in total. The number of ether oxygens (including phenoxy) is 2. The van der Waals surface area contributed by atoms with Gasteiger partial charge in [0.05, 0.1) is 14.2 Å². The van der Waals surface area contributed by atoms with Crippen molar-refractivity contribution in [1.29, 1.82) is 0 Å². The van der Waals surface area contributed by atoms with Gasteiger partial charge in [-0.1, -0.05) is 6.07 Å². The number of aromatic hydroxyl groups is 2. The zero-order chi connectivity index (χ0) is 20.4. The van der Waals surface area contributed by atoms with Crippen molar-refractivity contribution in [1.82, 2.24) is 0 Å². The molecule has 2 unspecified atom stereocenters. The molecule has 2 atom stereocenters. The molecule has 0 aromatic heterocycles. The molecule has 1 aliphatic carbocycles. The highest BCUT2D eigenvalue weighted by Gasteiger charge is 2.35. The molecule has 0 radical (unpaired) electrons. The highest BCUT2D eigenvalue weighted by atomic mass is 127. The first-order chi connectivity index (χ1) is 13.3. The summed E-state index contributed by atoms with van der Waals surface area (Å²) in [6, 6.07) is 7.36. The zero-order valence-corrected chi connectivity index (χ0v) is 18.4. The zero-order valence-electron chi connectivity index (χ0n) is 16.3. The second kappa shape index (κ2) is 8.59. The number of carbonyl (C=O) groups excluding carboxylic acids is 1. The van der Waals surface area contributed by atoms with Gasteiger partial charge >= 0.3 is 0 Å². The molecule has 6 heteroatoms. The van der Waals surface area contributed by atoms with Gasteiger partial charge in [-0.3, -0.25) is 4.79 Å². The van der Waals surface area contributed by atoms with Crippen LogP contribution >= 0.6 is 22.6 Å². The molecule has 0 spiro atoms. The van der Waals surface area contributed by atoms with Gasteiger partial charge in [-0.2, -0.15) is 0 Å². The fraction of sp³-hybridized carbons (Fsp3) is 0.409. The third-order valence-corrected chi connectivity index (χ3v) is 6.08. The quantitative estimate of drug-likeness (QED) is 0.580. The number of rotatable bonds is 6. The van der Waals surface area contributed by atoms with Crippen LogP contribution in [0.15, 0.2) is 24.3 Å². The van der Waals surface area contributed by atoms with Crippen LogP contribution in [0.1, 0.15) is 29.5 Å². The number of benzene rings is 2. The summed E-state index contributed by atoms with van der Waals surface area (Å²) in [6.45, 7) is 1.94. The lowest BCUT2D eigenvalue weighted by molar-refractivity contribution is -0.123. The van der Waals surface area contributed by atoms with Crippen LogP contribution in [-0.2, 0) is 17.6 Å². The Balaban J connectivity index is 1.76. The third kappa shape index (κ3) is 4.21. The number of methoxy groups -OCH3 is 2. The van der Waals surface area contributed by atoms with Crippen LogP contribution in [0.4, 0.5) is 0 Å². The van der Waals surface area contributed by atoms with Crippen molar-refractivity contribution in [2.45, 2.75) is 32.6 Å². The maximum Gasteiger partial charge on any atom is 0.161 e. The molecule has 0 saturated heterocycles. The first-order valence-electron chi connectivity index (χ1n) is 9.29. The molecule has 0 heterocycles. The number of hydrogen-bond acceptors (Lipinski definition) is 5. The van der Waals surface area contributed by atoms with Crippen molar-refractivity contribution >= 4 is 28.4 Å². The first-order valence-corrected chi connectivity index (χ1v) is 10.4. The summed E-state index contributed by atoms with van der Waals surface area (Å²) in [5, 5.41) is 20.8. The van der Waals surface area contributed by atoms with Gasteiger partial charge in [0.1, 0.15) is 5.78 Å². The maximum atomic E-state index is 13.0. The van der Waals surface area contributed by atoms with Crippen molar-refractivity contribution in [3.05, 3.63) is 44.5 Å². The van der Waals surface area contributed by atoms with Crippen molar-refractivity contribution < 1.29 is 24.5 Å². The summed E-state index contributed by atoms with van der Waals surface area (Å²) in [7, 11) is 3.05. The lowest BCUT2D eigenvalue weighted by Crippen LogP contribution is -2.18. The molecule has 1 fully saturated rings. The van der Waals surface area contributed by atoms with Crippen molar-refractivity contribution in [3.8, 4) is 23.0 Å². The molecule has 2 aromatic carbocycles. The fourth-order valence-electron chi connectivity index (χ4n) is 4.03. The van der Waals surface area contributed by atoms with Gasteiger partial charge in [0, 0.05) is 15.4 Å². The molecule has 2 aromatic rings. The number of ketones is 1. The molecule has 0 amide bonds. The smallest absolute Gasteiger partial charge is 0.161 e. The van der Waals surface area contributed by atoms with Gasteiger partial charge in [-0.15, -0.1) is 0 Å². The van der Waals surface area contributed by atoms with Gasteiger partial charge in [-0.25, -0.2) is 0 Å². The highest BCUT2D eigenvalue weighted by molar-refractivity contribution is 14.1. The number of hydrogen-bond donors (Lipinski definition) is 2. The molecule has 0 bridgehead atoms. The summed E-state index contributed by atoms with van der Waals surface area (Å²) >= 11 is 2.18. The first kappa shape index (κ1) is 20.8. The number of Topliss-reactive ketones (excluding diaryl/α,β-unsaturated/α-hetero) is 1. The molecule has 28 heavy (non-hydrogen) atoms. The van der Waals surface area contributed by atoms with E-state index in [-0.39, 0.29) is 29.1 Å². The minimum atomic E-state index is -0.132. The normalized spacial score (nSPS) is 19.1. The Bertz CT molecular complexity index is 821. The number of phenols is 2. The van der Waals surface area contributed by atoms with Crippen LogP contribution in [0.3, 0.4) is 0 Å². The predicted octanol–water partition coefficient (Wildman–Crippen LogP) is 4.41. The minimum Gasteiger partial charge on any atom is -0.504 e. The highest BCUT2D eigenvalue weighted by Crippen LogP contribution is 2.40. The molecule has 1 aliphatic rings. The molecular weight excluding hydrogens is 471 g/mol. The second-order valence-electron chi connectivity index (χ2n) is 7.37. The molecular formula is C22H25IO5. The summed E-state index contributed by atoms with van der Waals surface area (Å²) in [6.07, 6.45) is 2.56. The topological polar surface area (TPSA) is 76.0 Å². The SMILES string of the molecule is COc1cc(C)cc(CC2CCC(Cc3cc(I)cc(OC)c3O)C2=O)c1O. The van der Waals surface area contributed by atoms with E-state index in [9.17, 15) is 15.0 Å². The van der Waals surface area contributed by atoms with Crippen LogP contribution in [0, 0.1) is 22.3 Å². The van der Waals surface area contributed by atoms with Gasteiger partial charge in [0.15, 0.2) is 23.0 Å². The maximum absolute atomic E-state index is 13.0. The van der Waals surface area contributed by atoms with E-state index in [2.05, 4.69) is 22.6 Å². The van der Waals surface area contributed by atoms with Gasteiger partial charge in [0.2, 0.25) is 0 Å². The second-order valence-corrected chi connectivity index (χ2v) is 8.62. The van der Waals surface area contributed by atoms with E-state index < -0.39 is 0 Å². The summed E-state index contributed by atoms with van der Waals surface area (Å²) in [5.74, 6) is 1.03. The third-order valence-electron chi connectivity index (χ3n) is 5.46. The van der Waals surface area contributed by atoms with Crippen LogP contribution in [0.2, 0.25) is 0 Å². The number of aryl methyl sites for hydroxylation is 1. The van der Waals surface area contributed by atoms with Crippen LogP contribution in [-0.4, -0.2) is 30.2 Å². The molecule has 1 saturated carbocycles. The largest absolute Gasteiger partial charge is 0.504 e. The van der Waals surface area contributed by atoms with E-state index in [1.165, 1.54) is 14.2 Å². The van der Waals surface area contributed by atoms with E-state index in [0.717, 1.165) is 33.1 Å². The average molecular weight is 496 g/mol. The number of phenolic OH excluding ortho intramolecular Hbond substituents is 2. The Morgan fingerprint density at radius 3 is 1.96 bits per heavy atom. The van der Waals surface area contributed by atoms with Crippen LogP contribution in [0.25, 0.3) is 0 Å². The minimum absolute atomic E-state index is 0.111. The van der Waals surface area contributed by atoms with Gasteiger partial charge < -0.3 is 19.7 Å². The number of halogens is 1. The molecule has 2 N–H and O–H groups in total. The van der Waals surface area contributed by atoms with E-state index in [0.29, 0.717) is 24.3 Å². The fourth-order valence-corrected chi connectivity index (χ4v) is 4.68. The summed E-state index contributed by atoms with van der Waals surface area (Å²) < 4.78 is 11.4. The van der Waals surface area contributed by atoms with E-state index in [4.69, 9.17) is 9.47 Å². The number of carbonyl (C=O) groups is 1. The van der Waals surface area contributed by atoms with E-state index in [1.54, 1.807) is 12.1 Å². The van der Waals surface area contributed by atoms with Crippen LogP contribution in [0.5, 0.6) is 23.0 Å². The standard InChI is InChI=1S/C22H25IO5/c1-12-6-15(21(25)18(7-12)27-2)8-13-4-5-14(20(13)24)9-16-10-17(23)11-19(28-3)22(16)26/h6-7,10-11,13-14,25-26H,4-5,8-9H2,1-3H3. The lowest BCUT2D eigenvalue weighted by Gasteiger charge is -2.15. The molecule has 150 valence electrons. The molecule has 3 rings (SSSR count). The van der Waals surface area contributed by atoms with Crippen molar-refractivity contribution in [2.75, 3.05) is 14.2 Å². The van der Waals surface area contributed by atoms with Gasteiger partial charge in [-0.05, 0) is 90.1 Å². The van der Waals surface area contributed by atoms with Crippen molar-refractivity contribution in [3.63, 3.8) is 0 Å².